The molecule has 0 aliphatic carbocycles. The quantitative estimate of drug-likeness (QED) is 0.105. The van der Waals surface area contributed by atoms with E-state index in [9.17, 15) is 0 Å². The maximum absolute atomic E-state index is 5.81. The van der Waals surface area contributed by atoms with Gasteiger partial charge in [-0.25, -0.2) is 0 Å². The third-order valence-corrected chi connectivity index (χ3v) is 8.34. The van der Waals surface area contributed by atoms with Gasteiger partial charge in [-0.15, -0.1) is 0 Å². The van der Waals surface area contributed by atoms with Crippen molar-refractivity contribution in [3.05, 3.63) is 17.8 Å². The van der Waals surface area contributed by atoms with Gasteiger partial charge >= 0.3 is 0 Å². The fraction of sp³-hybridized carbons (Fsp3) is 0.765. The number of benzene rings is 1. The second-order valence-corrected chi connectivity index (χ2v) is 12.2. The molecule has 0 unspecified atom stereocenters. The molecule has 1 aromatic heterocycles. The van der Waals surface area contributed by atoms with Gasteiger partial charge in [-0.1, -0.05) is 96.8 Å². The topological polar surface area (TPSA) is 43.5 Å². The van der Waals surface area contributed by atoms with Gasteiger partial charge in [0.15, 0.2) is 17.2 Å². The molecule has 0 aliphatic heterocycles. The maximum Gasteiger partial charge on any atom is 0.173 e. The Morgan fingerprint density at radius 3 is 1.56 bits per heavy atom. The van der Waals surface area contributed by atoms with E-state index in [2.05, 4.69) is 26.0 Å². The number of nitrogens with one attached hydrogen (secondary N) is 1. The van der Waals surface area contributed by atoms with Crippen LogP contribution in [0.3, 0.4) is 0 Å². The van der Waals surface area contributed by atoms with E-state index in [1.54, 1.807) is 21.3 Å². The number of fused-ring (bicyclic) bond motifs is 1. The van der Waals surface area contributed by atoms with Crippen molar-refractivity contribution in [1.29, 1.82) is 0 Å². The van der Waals surface area contributed by atoms with E-state index in [1.807, 2.05) is 12.1 Å². The van der Waals surface area contributed by atoms with Crippen molar-refractivity contribution in [3.63, 3.8) is 0 Å². The van der Waals surface area contributed by atoms with Crippen LogP contribution in [-0.2, 0) is 6.42 Å². The van der Waals surface area contributed by atoms with Gasteiger partial charge < -0.3 is 23.7 Å². The van der Waals surface area contributed by atoms with Crippen LogP contribution in [-0.4, -0.2) is 58.0 Å². The summed E-state index contributed by atoms with van der Waals surface area (Å²) in [5, 5.41) is 0.969. The molecular formula is C34H61N2O3+. The maximum atomic E-state index is 5.81. The van der Waals surface area contributed by atoms with Crippen molar-refractivity contribution in [2.75, 3.05) is 48.5 Å². The Kier molecular flexibility index (Phi) is 16.4. The number of nitrogens with zero attached hydrogens (tertiary/aromatic N) is 1. The molecule has 39 heavy (non-hydrogen) atoms. The average molecular weight is 546 g/mol. The summed E-state index contributed by atoms with van der Waals surface area (Å²) in [4.78, 5) is 3.56. The van der Waals surface area contributed by atoms with Crippen LogP contribution in [0, 0.1) is 0 Å². The molecule has 224 valence electrons. The normalized spacial score (nSPS) is 11.8. The Hall–Kier alpha value is -1.88. The Bertz CT molecular complexity index is 905. The molecule has 0 aliphatic rings. The van der Waals surface area contributed by atoms with Gasteiger partial charge in [0.2, 0.25) is 0 Å². The van der Waals surface area contributed by atoms with E-state index in [4.69, 9.17) is 14.2 Å². The number of aromatic nitrogens is 1. The molecule has 0 atom stereocenters. The van der Waals surface area contributed by atoms with Crippen LogP contribution in [0.2, 0.25) is 0 Å². The van der Waals surface area contributed by atoms with E-state index < -0.39 is 0 Å². The molecule has 2 aromatic rings. The minimum atomic E-state index is 0.727. The number of rotatable bonds is 24. The van der Waals surface area contributed by atoms with Crippen LogP contribution in [0.4, 0.5) is 0 Å². The van der Waals surface area contributed by atoms with E-state index in [0.29, 0.717) is 0 Å². The van der Waals surface area contributed by atoms with E-state index >= 15 is 0 Å². The first-order chi connectivity index (χ1) is 19.0. The van der Waals surface area contributed by atoms with E-state index in [1.165, 1.54) is 109 Å². The minimum Gasteiger partial charge on any atom is -0.494 e. The monoisotopic (exact) mass is 545 g/mol. The van der Waals surface area contributed by atoms with Crippen LogP contribution in [0.1, 0.15) is 122 Å². The molecule has 5 heteroatoms. The van der Waals surface area contributed by atoms with Crippen molar-refractivity contribution in [3.8, 4) is 17.2 Å². The Morgan fingerprint density at radius 1 is 0.590 bits per heavy atom. The Balaban J connectivity index is 1.55. The highest BCUT2D eigenvalue weighted by atomic mass is 16.5. The van der Waals surface area contributed by atoms with Crippen LogP contribution in [0.15, 0.2) is 12.1 Å². The molecule has 0 amide bonds. The van der Waals surface area contributed by atoms with Crippen molar-refractivity contribution in [1.82, 2.24) is 4.98 Å². The Morgan fingerprint density at radius 2 is 1.08 bits per heavy atom. The fourth-order valence-corrected chi connectivity index (χ4v) is 5.91. The highest BCUT2D eigenvalue weighted by molar-refractivity contribution is 5.95. The molecule has 1 aromatic carbocycles. The lowest BCUT2D eigenvalue weighted by Gasteiger charge is -2.30. The summed E-state index contributed by atoms with van der Waals surface area (Å²) in [5.74, 6) is 2.34. The molecule has 0 fully saturated rings. The zero-order valence-electron chi connectivity index (χ0n) is 26.5. The molecule has 0 saturated carbocycles. The largest absolute Gasteiger partial charge is 0.494 e. The van der Waals surface area contributed by atoms with E-state index in [0.717, 1.165) is 57.7 Å². The van der Waals surface area contributed by atoms with Gasteiger partial charge in [-0.05, 0) is 31.4 Å². The van der Waals surface area contributed by atoms with Crippen molar-refractivity contribution < 1.29 is 18.7 Å². The number of aromatic amines is 1. The summed E-state index contributed by atoms with van der Waals surface area (Å²) >= 11 is 0. The van der Waals surface area contributed by atoms with Crippen LogP contribution in [0.5, 0.6) is 17.2 Å². The number of hydrogen-bond donors (Lipinski definition) is 1. The lowest BCUT2D eigenvalue weighted by atomic mass is 10.0. The number of aryl methyl sites for hydroxylation is 1. The zero-order chi connectivity index (χ0) is 28.3. The summed E-state index contributed by atoms with van der Waals surface area (Å²) < 4.78 is 18.0. The lowest BCUT2D eigenvalue weighted by Crippen LogP contribution is -2.41. The molecule has 1 N–H and O–H groups in total. The number of H-pyrrole nitrogens is 1. The average Bonchev–Trinajstić information content (AvgIpc) is 3.29. The zero-order valence-corrected chi connectivity index (χ0v) is 26.5. The van der Waals surface area contributed by atoms with Crippen LogP contribution >= 0.6 is 0 Å². The van der Waals surface area contributed by atoms with Gasteiger partial charge in [-0.3, -0.25) is 0 Å². The summed E-state index contributed by atoms with van der Waals surface area (Å²) in [6.07, 6.45) is 24.9. The number of quaternary nitrogens is 1. The van der Waals surface area contributed by atoms with Gasteiger partial charge in [-0.2, -0.15) is 0 Å². The molecule has 5 nitrogen and oxygen atoms in total. The minimum absolute atomic E-state index is 0.727. The SMILES string of the molecule is CCCCCCCCCCCCCCCCCC[N+](C)(C)CCCc1[nH]c2ccc(OC)c(OC)c2c1OC. The first kappa shape index (κ1) is 33.3. The van der Waals surface area contributed by atoms with Crippen LogP contribution in [0.25, 0.3) is 10.9 Å². The predicted molar refractivity (Wildman–Crippen MR) is 168 cm³/mol. The number of ether oxygens (including phenoxy) is 3. The van der Waals surface area contributed by atoms with Crippen molar-refractivity contribution in [2.45, 2.75) is 122 Å². The van der Waals surface area contributed by atoms with Gasteiger partial charge in [0.25, 0.3) is 0 Å². The third-order valence-electron chi connectivity index (χ3n) is 8.34. The summed E-state index contributed by atoms with van der Waals surface area (Å²) in [6, 6.07) is 3.99. The van der Waals surface area contributed by atoms with Crippen molar-refractivity contribution in [2.24, 2.45) is 0 Å². The summed E-state index contributed by atoms with van der Waals surface area (Å²) in [6.45, 7) is 4.72. The Labute approximate surface area is 240 Å². The van der Waals surface area contributed by atoms with Gasteiger partial charge in [0.1, 0.15) is 0 Å². The van der Waals surface area contributed by atoms with E-state index in [-0.39, 0.29) is 0 Å². The molecule has 0 spiro atoms. The molecule has 0 radical (unpaired) electrons. The number of methoxy groups -OCH3 is 3. The second kappa shape index (κ2) is 19.2. The predicted octanol–water partition coefficient (Wildman–Crippen LogP) is 9.46. The standard InChI is InChI=1S/C34H61N2O3/c1-7-8-9-10-11-12-13-14-15-16-17-18-19-20-21-22-27-36(2,3)28-23-24-30-33(38-5)32-29(35-30)25-26-31(37-4)34(32)39-6/h25-26,35H,7-24,27-28H2,1-6H3/q+1. The summed E-state index contributed by atoms with van der Waals surface area (Å²) in [7, 11) is 9.84. The molecule has 0 bridgehead atoms. The smallest absolute Gasteiger partial charge is 0.173 e. The number of unbranched alkanes of at least 4 members (excludes halogenated alkanes) is 15. The molecular weight excluding hydrogens is 484 g/mol. The molecule has 2 rings (SSSR count). The highest BCUT2D eigenvalue weighted by Gasteiger charge is 2.21. The third kappa shape index (κ3) is 12.0. The second-order valence-electron chi connectivity index (χ2n) is 12.2. The highest BCUT2D eigenvalue weighted by Crippen LogP contribution is 2.42. The first-order valence-electron chi connectivity index (χ1n) is 16.1. The summed E-state index contributed by atoms with van der Waals surface area (Å²) in [5.41, 5.74) is 2.17. The molecule has 0 saturated heterocycles. The first-order valence-corrected chi connectivity index (χ1v) is 16.1. The fourth-order valence-electron chi connectivity index (χ4n) is 5.91. The van der Waals surface area contributed by atoms with Crippen LogP contribution < -0.4 is 14.2 Å². The number of hydrogen-bond acceptors (Lipinski definition) is 3. The van der Waals surface area contributed by atoms with Gasteiger partial charge in [0.05, 0.1) is 65.1 Å². The lowest BCUT2D eigenvalue weighted by molar-refractivity contribution is -0.890. The van der Waals surface area contributed by atoms with Crippen molar-refractivity contribution >= 4 is 10.9 Å². The molecule has 1 heterocycles. The van der Waals surface area contributed by atoms with Gasteiger partial charge in [0, 0.05) is 6.42 Å².